The van der Waals surface area contributed by atoms with Crippen molar-refractivity contribution in [3.63, 3.8) is 0 Å². The number of hydrogen-bond donors (Lipinski definition) is 0. The minimum atomic E-state index is 0. The zero-order valence-electron chi connectivity index (χ0n) is 4.63. The molecule has 0 aliphatic heterocycles. The molecule has 0 fully saturated rings. The SMILES string of the molecule is CCl.CCl.CCl.[Pb]. The van der Waals surface area contributed by atoms with Crippen LogP contribution < -0.4 is 0 Å². The van der Waals surface area contributed by atoms with Crippen LogP contribution in [0, 0.1) is 0 Å². The van der Waals surface area contributed by atoms with Crippen LogP contribution in [0.3, 0.4) is 0 Å². The second-order valence-electron chi connectivity index (χ2n) is 0. The normalized spacial score (nSPS) is 2.57. The first-order chi connectivity index (χ1) is 3.00. The van der Waals surface area contributed by atoms with Gasteiger partial charge in [0.2, 0.25) is 0 Å². The molecule has 0 aliphatic carbocycles. The van der Waals surface area contributed by atoms with Crippen molar-refractivity contribution in [3.8, 4) is 0 Å². The average Bonchev–Trinajstić information content (AvgIpc) is 1.81. The van der Waals surface area contributed by atoms with E-state index in [1.165, 1.54) is 19.1 Å². The van der Waals surface area contributed by atoms with Gasteiger partial charge in [0.25, 0.3) is 0 Å². The fourth-order valence-electron chi connectivity index (χ4n) is 0. The number of halogens is 3. The Hall–Kier alpha value is 1.79. The van der Waals surface area contributed by atoms with E-state index in [0.29, 0.717) is 0 Å². The van der Waals surface area contributed by atoms with Crippen LogP contribution in [-0.2, 0) is 0 Å². The van der Waals surface area contributed by atoms with E-state index in [0.717, 1.165) is 0 Å². The Morgan fingerprint density at radius 2 is 0.571 bits per heavy atom. The monoisotopic (exact) mass is 358 g/mol. The van der Waals surface area contributed by atoms with Crippen LogP contribution in [0.15, 0.2) is 0 Å². The van der Waals surface area contributed by atoms with Gasteiger partial charge in [0.1, 0.15) is 0 Å². The predicted molar refractivity (Wildman–Crippen MR) is 41.1 cm³/mol. The molecule has 0 aromatic carbocycles. The van der Waals surface area contributed by atoms with E-state index in [1.807, 2.05) is 0 Å². The zero-order valence-corrected chi connectivity index (χ0v) is 10.8. The van der Waals surface area contributed by atoms with Gasteiger partial charge in [-0.05, 0) is 0 Å². The van der Waals surface area contributed by atoms with Gasteiger partial charge >= 0.3 is 0 Å². The molecular weight excluding hydrogens is 350 g/mol. The van der Waals surface area contributed by atoms with Gasteiger partial charge in [-0.3, -0.25) is 0 Å². The minimum Gasteiger partial charge on any atom is -0.130 e. The van der Waals surface area contributed by atoms with Crippen molar-refractivity contribution in [1.29, 1.82) is 0 Å². The van der Waals surface area contributed by atoms with Gasteiger partial charge in [0.15, 0.2) is 0 Å². The number of rotatable bonds is 0. The Balaban J connectivity index is -0.00000000900. The van der Waals surface area contributed by atoms with Crippen molar-refractivity contribution in [1.82, 2.24) is 0 Å². The zero-order chi connectivity index (χ0) is 6.00. The smallest absolute Gasteiger partial charge is 0.0108 e. The molecule has 0 bridgehead atoms. The molecule has 0 amide bonds. The molecule has 46 valence electrons. The molecule has 0 aromatic heterocycles. The van der Waals surface area contributed by atoms with Gasteiger partial charge in [0.05, 0.1) is 0 Å². The van der Waals surface area contributed by atoms with Crippen molar-refractivity contribution in [2.45, 2.75) is 0 Å². The summed E-state index contributed by atoms with van der Waals surface area (Å²) < 4.78 is 0. The third-order valence-corrected chi connectivity index (χ3v) is 0. The summed E-state index contributed by atoms with van der Waals surface area (Å²) >= 11 is 13.9. The maximum absolute atomic E-state index is 4.64. The summed E-state index contributed by atoms with van der Waals surface area (Å²) in [7, 11) is 0. The topological polar surface area (TPSA) is 0 Å². The van der Waals surface area contributed by atoms with Crippen LogP contribution in [0.2, 0.25) is 0 Å². The van der Waals surface area contributed by atoms with Crippen LogP contribution >= 0.6 is 34.8 Å². The molecule has 0 rings (SSSR count). The van der Waals surface area contributed by atoms with Crippen LogP contribution in [-0.4, -0.2) is 46.4 Å². The molecular formula is C3H9Cl3Pb. The molecule has 0 aliphatic rings. The van der Waals surface area contributed by atoms with Gasteiger partial charge < -0.3 is 0 Å². The van der Waals surface area contributed by atoms with Gasteiger partial charge in [-0.15, -0.1) is 34.8 Å². The first-order valence-electron chi connectivity index (χ1n) is 1.13. The molecule has 0 atom stereocenters. The van der Waals surface area contributed by atoms with E-state index in [1.54, 1.807) is 0 Å². The Morgan fingerprint density at radius 3 is 0.571 bits per heavy atom. The van der Waals surface area contributed by atoms with Gasteiger partial charge in [-0.25, -0.2) is 0 Å². The Labute approximate surface area is 80.7 Å². The maximum Gasteiger partial charge on any atom is 0.0108 e. The third kappa shape index (κ3) is 81.4. The average molecular weight is 359 g/mol. The molecule has 0 heterocycles. The Kier molecular flexibility index (Phi) is 372. The summed E-state index contributed by atoms with van der Waals surface area (Å²) in [6, 6.07) is 0. The van der Waals surface area contributed by atoms with Gasteiger partial charge in [0, 0.05) is 46.4 Å². The molecule has 0 spiro atoms. The Bertz CT molecular complexity index is 10.1. The largest absolute Gasteiger partial charge is 0.130 e. The van der Waals surface area contributed by atoms with Crippen molar-refractivity contribution in [2.24, 2.45) is 0 Å². The molecule has 4 heteroatoms. The fraction of sp³-hybridized carbons (Fsp3) is 1.00. The van der Waals surface area contributed by atoms with E-state index in [4.69, 9.17) is 0 Å². The second-order valence-corrected chi connectivity index (χ2v) is 0. The van der Waals surface area contributed by atoms with Crippen molar-refractivity contribution >= 4 is 62.1 Å². The molecule has 0 unspecified atom stereocenters. The summed E-state index contributed by atoms with van der Waals surface area (Å²) in [6.45, 7) is 0. The summed E-state index contributed by atoms with van der Waals surface area (Å²) in [5.41, 5.74) is 0. The summed E-state index contributed by atoms with van der Waals surface area (Å²) in [4.78, 5) is 0. The van der Waals surface area contributed by atoms with Crippen molar-refractivity contribution < 1.29 is 0 Å². The van der Waals surface area contributed by atoms with E-state index >= 15 is 0 Å². The van der Waals surface area contributed by atoms with Crippen LogP contribution in [0.4, 0.5) is 0 Å². The summed E-state index contributed by atoms with van der Waals surface area (Å²) in [5.74, 6) is 0. The molecule has 0 N–H and O–H groups in total. The molecule has 0 saturated heterocycles. The summed E-state index contributed by atoms with van der Waals surface area (Å²) in [5, 5.41) is 0. The van der Waals surface area contributed by atoms with Crippen LogP contribution in [0.25, 0.3) is 0 Å². The molecule has 0 aromatic rings. The quantitative estimate of drug-likeness (QED) is 0.460. The first-order valence-corrected chi connectivity index (χ1v) is 3.40. The standard InChI is InChI=1S/3CH3Cl.Pb/c3*1-2;/h3*1H3;. The Morgan fingerprint density at radius 1 is 0.571 bits per heavy atom. The number of alkyl halides is 3. The van der Waals surface area contributed by atoms with E-state index in [9.17, 15) is 0 Å². The van der Waals surface area contributed by atoms with Crippen molar-refractivity contribution in [3.05, 3.63) is 0 Å². The van der Waals surface area contributed by atoms with Crippen molar-refractivity contribution in [2.75, 3.05) is 19.1 Å². The predicted octanol–water partition coefficient (Wildman–Crippen LogP) is 2.18. The molecule has 7 heavy (non-hydrogen) atoms. The van der Waals surface area contributed by atoms with E-state index in [2.05, 4.69) is 34.8 Å². The van der Waals surface area contributed by atoms with Crippen LogP contribution in [0.1, 0.15) is 0 Å². The molecule has 0 nitrogen and oxygen atoms in total. The minimum absolute atomic E-state index is 0. The fourth-order valence-corrected chi connectivity index (χ4v) is 0. The van der Waals surface area contributed by atoms with Gasteiger partial charge in [-0.1, -0.05) is 0 Å². The van der Waals surface area contributed by atoms with Crippen LogP contribution in [0.5, 0.6) is 0 Å². The summed E-state index contributed by atoms with van der Waals surface area (Å²) in [6.07, 6.45) is 4.42. The maximum atomic E-state index is 4.64. The second kappa shape index (κ2) is 112. The number of hydrogen-bond acceptors (Lipinski definition) is 0. The van der Waals surface area contributed by atoms with Gasteiger partial charge in [-0.2, -0.15) is 0 Å². The third-order valence-electron chi connectivity index (χ3n) is 0. The van der Waals surface area contributed by atoms with E-state index < -0.39 is 0 Å². The van der Waals surface area contributed by atoms with E-state index in [-0.39, 0.29) is 27.3 Å². The molecule has 0 saturated carbocycles. The molecule has 4 radical (unpaired) electrons. The first kappa shape index (κ1) is 23.2.